The zero-order valence-electron chi connectivity index (χ0n) is 16.6. The lowest BCUT2D eigenvalue weighted by Gasteiger charge is -2.17. The number of halogens is 3. The van der Waals surface area contributed by atoms with Crippen molar-refractivity contribution in [3.8, 4) is 5.88 Å². The first-order valence-electron chi connectivity index (χ1n) is 9.33. The number of anilines is 1. The predicted octanol–water partition coefficient (Wildman–Crippen LogP) is 3.56. The van der Waals surface area contributed by atoms with Gasteiger partial charge in [0.2, 0.25) is 11.6 Å². The summed E-state index contributed by atoms with van der Waals surface area (Å²) in [6.45, 7) is 0.212. The first-order chi connectivity index (χ1) is 15.2. The smallest absolute Gasteiger partial charge is 0.294 e. The largest absolute Gasteiger partial charge is 0.470 e. The van der Waals surface area contributed by atoms with E-state index in [1.54, 1.807) is 6.07 Å². The Bertz CT molecular complexity index is 1170. The molecule has 0 aromatic carbocycles. The monoisotopic (exact) mass is 463 g/mol. The van der Waals surface area contributed by atoms with Gasteiger partial charge in [-0.3, -0.25) is 9.59 Å². The van der Waals surface area contributed by atoms with Crippen LogP contribution in [0.4, 0.5) is 14.6 Å². The number of nitrogens with one attached hydrogen (secondary N) is 1. The number of alkyl halides is 2. The molecule has 0 saturated carbocycles. The lowest BCUT2D eigenvalue weighted by atomic mass is 10.1. The van der Waals surface area contributed by atoms with Crippen molar-refractivity contribution in [2.45, 2.75) is 25.9 Å². The summed E-state index contributed by atoms with van der Waals surface area (Å²) in [5.74, 6) is -3.70. The predicted molar refractivity (Wildman–Crippen MR) is 108 cm³/mol. The Kier molecular flexibility index (Phi) is 5.74. The zero-order valence-corrected chi connectivity index (χ0v) is 17.4. The third-order valence-electron chi connectivity index (χ3n) is 4.51. The molecule has 3 aromatic heterocycles. The maximum absolute atomic E-state index is 13.0. The number of carbonyl (C=O) groups is 2. The van der Waals surface area contributed by atoms with Crippen molar-refractivity contribution in [2.75, 3.05) is 11.9 Å². The highest BCUT2D eigenvalue weighted by Crippen LogP contribution is 2.30. The van der Waals surface area contributed by atoms with Crippen molar-refractivity contribution in [3.63, 3.8) is 0 Å². The number of fused-ring (bicyclic) bond motifs is 1. The lowest BCUT2D eigenvalue weighted by Crippen LogP contribution is -2.23. The standard InChI is InChI=1S/C20H16ClF2N5O4/c1-20(22,23)9-31-18-14(21)4-11(5-26-18)7-28-8-13-12(19(28)30)2-3-25-16(13)27-17(29)15-6-24-10-32-15/h2-6,10H,7-9H2,1H3,(H,25,27,29). The van der Waals surface area contributed by atoms with E-state index in [1.165, 1.54) is 29.6 Å². The SMILES string of the molecule is CC(F)(F)COc1ncc(CN2Cc3c(ccnc3NC(=O)c3cnco3)C2=O)cc1Cl. The molecule has 2 amide bonds. The van der Waals surface area contributed by atoms with Crippen LogP contribution in [0.5, 0.6) is 5.88 Å². The van der Waals surface area contributed by atoms with E-state index in [1.807, 2.05) is 0 Å². The number of hydrogen-bond donors (Lipinski definition) is 1. The van der Waals surface area contributed by atoms with Crippen LogP contribution >= 0.6 is 11.6 Å². The normalized spacial score (nSPS) is 13.2. The van der Waals surface area contributed by atoms with Crippen molar-refractivity contribution in [1.82, 2.24) is 19.9 Å². The number of rotatable bonds is 7. The fraction of sp³-hybridized carbons (Fsp3) is 0.250. The Balaban J connectivity index is 1.47. The Labute approximate surface area is 185 Å². The second-order valence-corrected chi connectivity index (χ2v) is 7.56. The highest BCUT2D eigenvalue weighted by molar-refractivity contribution is 6.31. The van der Waals surface area contributed by atoms with E-state index in [-0.39, 0.29) is 41.5 Å². The number of carbonyl (C=O) groups excluding carboxylic acids is 2. The molecule has 1 aliphatic heterocycles. The summed E-state index contributed by atoms with van der Waals surface area (Å²) in [4.78, 5) is 38.4. The summed E-state index contributed by atoms with van der Waals surface area (Å²) in [6, 6.07) is 3.06. The molecule has 0 atom stereocenters. The molecule has 4 heterocycles. The summed E-state index contributed by atoms with van der Waals surface area (Å²) in [6.07, 6.45) is 5.22. The van der Waals surface area contributed by atoms with Crippen molar-refractivity contribution in [2.24, 2.45) is 0 Å². The molecule has 0 fully saturated rings. The van der Waals surface area contributed by atoms with Gasteiger partial charge in [-0.05, 0) is 17.7 Å². The third-order valence-corrected chi connectivity index (χ3v) is 4.78. The first kappa shape index (κ1) is 21.6. The number of aromatic nitrogens is 3. The van der Waals surface area contributed by atoms with Crippen LogP contribution in [-0.4, -0.2) is 44.2 Å². The van der Waals surface area contributed by atoms with Crippen LogP contribution in [0.3, 0.4) is 0 Å². The van der Waals surface area contributed by atoms with Crippen LogP contribution < -0.4 is 10.1 Å². The molecule has 12 heteroatoms. The minimum atomic E-state index is -3.02. The molecule has 0 saturated heterocycles. The van der Waals surface area contributed by atoms with Gasteiger partial charge in [0.05, 0.1) is 12.7 Å². The topological polar surface area (TPSA) is 110 Å². The van der Waals surface area contributed by atoms with E-state index in [9.17, 15) is 18.4 Å². The quantitative estimate of drug-likeness (QED) is 0.570. The summed E-state index contributed by atoms with van der Waals surface area (Å²) >= 11 is 6.09. The van der Waals surface area contributed by atoms with Crippen LogP contribution in [-0.2, 0) is 13.1 Å². The summed E-state index contributed by atoms with van der Waals surface area (Å²) in [7, 11) is 0. The molecule has 0 radical (unpaired) electrons. The van der Waals surface area contributed by atoms with E-state index < -0.39 is 18.4 Å². The number of hydrogen-bond acceptors (Lipinski definition) is 7. The first-order valence-corrected chi connectivity index (χ1v) is 9.71. The van der Waals surface area contributed by atoms with Crippen LogP contribution in [0, 0.1) is 0 Å². The number of ether oxygens (including phenoxy) is 1. The second-order valence-electron chi connectivity index (χ2n) is 7.16. The number of nitrogens with zero attached hydrogens (tertiary/aromatic N) is 4. The summed E-state index contributed by atoms with van der Waals surface area (Å²) < 4.78 is 35.9. The van der Waals surface area contributed by atoms with Gasteiger partial charge in [0.25, 0.3) is 17.7 Å². The van der Waals surface area contributed by atoms with Crippen LogP contribution in [0.1, 0.15) is 39.0 Å². The zero-order chi connectivity index (χ0) is 22.9. The van der Waals surface area contributed by atoms with E-state index in [2.05, 4.69) is 20.3 Å². The number of pyridine rings is 2. The minimum Gasteiger partial charge on any atom is -0.470 e. The number of amides is 2. The van der Waals surface area contributed by atoms with E-state index >= 15 is 0 Å². The van der Waals surface area contributed by atoms with Crippen molar-refractivity contribution < 1.29 is 27.5 Å². The molecule has 32 heavy (non-hydrogen) atoms. The average Bonchev–Trinajstić information content (AvgIpc) is 3.37. The van der Waals surface area contributed by atoms with Gasteiger partial charge >= 0.3 is 0 Å². The molecule has 0 bridgehead atoms. The van der Waals surface area contributed by atoms with Crippen LogP contribution in [0.2, 0.25) is 5.02 Å². The van der Waals surface area contributed by atoms with E-state index in [4.69, 9.17) is 20.8 Å². The summed E-state index contributed by atoms with van der Waals surface area (Å²) in [5.41, 5.74) is 1.53. The average molecular weight is 464 g/mol. The molecule has 4 rings (SSSR count). The van der Waals surface area contributed by atoms with Gasteiger partial charge in [0, 0.05) is 37.0 Å². The van der Waals surface area contributed by atoms with Gasteiger partial charge in [-0.2, -0.15) is 0 Å². The molecule has 1 N–H and O–H groups in total. The van der Waals surface area contributed by atoms with Crippen LogP contribution in [0.15, 0.2) is 41.5 Å². The van der Waals surface area contributed by atoms with E-state index in [0.717, 1.165) is 13.3 Å². The van der Waals surface area contributed by atoms with Crippen molar-refractivity contribution in [1.29, 1.82) is 0 Å². The van der Waals surface area contributed by atoms with Crippen LogP contribution in [0.25, 0.3) is 0 Å². The maximum Gasteiger partial charge on any atom is 0.294 e. The lowest BCUT2D eigenvalue weighted by molar-refractivity contribution is -0.0242. The molecule has 0 unspecified atom stereocenters. The van der Waals surface area contributed by atoms with E-state index in [0.29, 0.717) is 16.7 Å². The molecule has 0 aliphatic carbocycles. The fourth-order valence-electron chi connectivity index (χ4n) is 3.09. The maximum atomic E-state index is 13.0. The molecule has 0 spiro atoms. The Morgan fingerprint density at radius 2 is 2.19 bits per heavy atom. The van der Waals surface area contributed by atoms with Gasteiger partial charge in [-0.1, -0.05) is 11.6 Å². The highest BCUT2D eigenvalue weighted by atomic mass is 35.5. The van der Waals surface area contributed by atoms with Gasteiger partial charge in [-0.15, -0.1) is 0 Å². The Morgan fingerprint density at radius 1 is 1.38 bits per heavy atom. The molecular weight excluding hydrogens is 448 g/mol. The van der Waals surface area contributed by atoms with Crippen molar-refractivity contribution in [3.05, 3.63) is 64.6 Å². The highest BCUT2D eigenvalue weighted by Gasteiger charge is 2.31. The molecule has 9 nitrogen and oxygen atoms in total. The second kappa shape index (κ2) is 8.50. The van der Waals surface area contributed by atoms with Gasteiger partial charge < -0.3 is 19.4 Å². The Hall–Kier alpha value is -3.60. The molecule has 166 valence electrons. The molecular formula is C20H16ClF2N5O4. The fourth-order valence-corrected chi connectivity index (χ4v) is 3.33. The van der Waals surface area contributed by atoms with Crippen molar-refractivity contribution >= 4 is 29.2 Å². The third kappa shape index (κ3) is 4.67. The number of oxazole rings is 1. The van der Waals surface area contributed by atoms with Gasteiger partial charge in [0.15, 0.2) is 13.0 Å². The minimum absolute atomic E-state index is 0.00874. The molecule has 3 aromatic rings. The van der Waals surface area contributed by atoms with Gasteiger partial charge in [-0.25, -0.2) is 23.7 Å². The molecule has 1 aliphatic rings. The summed E-state index contributed by atoms with van der Waals surface area (Å²) in [5, 5.41) is 2.67. The van der Waals surface area contributed by atoms with Gasteiger partial charge in [0.1, 0.15) is 10.8 Å². The Morgan fingerprint density at radius 3 is 2.88 bits per heavy atom.